The van der Waals surface area contributed by atoms with Crippen molar-refractivity contribution in [2.45, 2.75) is 13.8 Å². The Morgan fingerprint density at radius 2 is 0.917 bits per heavy atom. The molecule has 0 unspecified atom stereocenters. The Labute approximate surface area is 213 Å². The maximum Gasteiger partial charge on any atom is 0.362 e. The van der Waals surface area contributed by atoms with Crippen LogP contribution in [0.3, 0.4) is 0 Å². The van der Waals surface area contributed by atoms with Gasteiger partial charge in [-0.15, -0.1) is 0 Å². The van der Waals surface area contributed by atoms with Crippen molar-refractivity contribution in [1.82, 2.24) is 19.9 Å². The fourth-order valence-corrected chi connectivity index (χ4v) is 3.80. The molecular formula is C22H18Cl2N8O4+2. The van der Waals surface area contributed by atoms with E-state index in [4.69, 9.17) is 23.2 Å². The first-order valence-electron chi connectivity index (χ1n) is 10.3. The molecule has 4 rings (SSSR count). The van der Waals surface area contributed by atoms with E-state index in [0.29, 0.717) is 43.7 Å². The summed E-state index contributed by atoms with van der Waals surface area (Å²) in [6.07, 6.45) is 0. The quantitative estimate of drug-likeness (QED) is 0.235. The number of hydrogen-bond donors (Lipinski definition) is 4. The van der Waals surface area contributed by atoms with Crippen molar-refractivity contribution in [2.24, 2.45) is 0 Å². The first kappa shape index (κ1) is 24.7. The van der Waals surface area contributed by atoms with Crippen molar-refractivity contribution >= 4 is 35.1 Å². The van der Waals surface area contributed by atoms with E-state index in [-0.39, 0.29) is 23.3 Å². The van der Waals surface area contributed by atoms with Gasteiger partial charge in [-0.05, 0) is 49.0 Å². The number of nitrogens with zero attached hydrogens (tertiary/aromatic N) is 6. The summed E-state index contributed by atoms with van der Waals surface area (Å²) >= 11 is 12.0. The molecule has 182 valence electrons. The van der Waals surface area contributed by atoms with E-state index >= 15 is 0 Å². The molecule has 0 aliphatic rings. The highest BCUT2D eigenvalue weighted by Crippen LogP contribution is 2.35. The summed E-state index contributed by atoms with van der Waals surface area (Å²) in [4.78, 5) is 40.0. The lowest BCUT2D eigenvalue weighted by Gasteiger charge is -2.15. The second-order valence-electron chi connectivity index (χ2n) is 7.52. The molecule has 4 aromatic rings. The number of hydrazine groups is 2. The van der Waals surface area contributed by atoms with Crippen LogP contribution in [-0.4, -0.2) is 40.4 Å². The summed E-state index contributed by atoms with van der Waals surface area (Å²) in [7, 11) is 0. The van der Waals surface area contributed by atoms with E-state index in [1.54, 1.807) is 62.4 Å². The summed E-state index contributed by atoms with van der Waals surface area (Å²) in [5, 5.41) is 18.4. The van der Waals surface area contributed by atoms with Gasteiger partial charge in [0, 0.05) is 32.3 Å². The van der Waals surface area contributed by atoms with Crippen molar-refractivity contribution in [2.75, 3.05) is 10.9 Å². The zero-order valence-electron chi connectivity index (χ0n) is 18.8. The topological polar surface area (TPSA) is 156 Å². The lowest BCUT2D eigenvalue weighted by molar-refractivity contribution is -0.770. The van der Waals surface area contributed by atoms with Gasteiger partial charge in [0.15, 0.2) is 0 Å². The van der Waals surface area contributed by atoms with Crippen LogP contribution in [0.4, 0.5) is 11.9 Å². The summed E-state index contributed by atoms with van der Waals surface area (Å²) in [5.41, 5.74) is 8.03. The standard InChI is InChI=1S/C22H18Cl2N8O4/c1-11-17(13-3-7-15(23)8-4-13)25-21(29-31(33)34)27-19(11)20-12(2)18(14-5-9-16(24)10-6-14)26-22(28-20)30-32(35)36/h3-10H,1-2H3,(H,33,34)(H,35,36)(H,25,27,29)(H,26,28,30)/q+2. The summed E-state index contributed by atoms with van der Waals surface area (Å²) in [6, 6.07) is 13.7. The molecule has 0 atom stereocenters. The summed E-state index contributed by atoms with van der Waals surface area (Å²) in [6.45, 7) is 3.50. The average Bonchev–Trinajstić information content (AvgIpc) is 2.82. The van der Waals surface area contributed by atoms with Gasteiger partial charge in [0.1, 0.15) is 9.81 Å². The SMILES string of the molecule is Cc1c(-c2ccc(Cl)cc2)nc(N[N+](=O)O)nc1-c1nc(N[N+](=O)O)nc(-c2ccc(Cl)cc2)c1C. The normalized spacial score (nSPS) is 10.7. The van der Waals surface area contributed by atoms with Crippen LogP contribution >= 0.6 is 23.2 Å². The second kappa shape index (κ2) is 10.1. The molecule has 0 amide bonds. The maximum atomic E-state index is 11.3. The van der Waals surface area contributed by atoms with E-state index in [1.165, 1.54) is 0 Å². The van der Waals surface area contributed by atoms with Crippen LogP contribution in [0.5, 0.6) is 0 Å². The van der Waals surface area contributed by atoms with Crippen molar-refractivity contribution in [3.05, 3.63) is 79.5 Å². The number of benzene rings is 2. The largest absolute Gasteiger partial charge is 0.362 e. The Balaban J connectivity index is 2.00. The van der Waals surface area contributed by atoms with Gasteiger partial charge in [-0.3, -0.25) is 0 Å². The van der Waals surface area contributed by atoms with Crippen LogP contribution in [0.1, 0.15) is 11.1 Å². The van der Waals surface area contributed by atoms with Gasteiger partial charge in [0.25, 0.3) is 11.9 Å². The van der Waals surface area contributed by atoms with Crippen LogP contribution in [0.25, 0.3) is 33.9 Å². The number of halogens is 2. The fourth-order valence-electron chi connectivity index (χ4n) is 3.54. The molecule has 0 aliphatic carbocycles. The Morgan fingerprint density at radius 1 is 0.611 bits per heavy atom. The van der Waals surface area contributed by atoms with Gasteiger partial charge in [-0.25, -0.2) is 30.4 Å². The van der Waals surface area contributed by atoms with Crippen molar-refractivity contribution in [3.8, 4) is 33.9 Å². The zero-order chi connectivity index (χ0) is 26.0. The van der Waals surface area contributed by atoms with E-state index < -0.39 is 10.1 Å². The number of aromatic nitrogens is 4. The predicted molar refractivity (Wildman–Crippen MR) is 131 cm³/mol. The lowest BCUT2D eigenvalue weighted by atomic mass is 9.99. The molecule has 2 aromatic carbocycles. The van der Waals surface area contributed by atoms with Gasteiger partial charge < -0.3 is 0 Å². The molecule has 0 fully saturated rings. The Hall–Kier alpha value is -4.42. The Kier molecular flexibility index (Phi) is 6.90. The molecule has 2 aromatic heterocycles. The first-order chi connectivity index (χ1) is 17.1. The molecule has 0 spiro atoms. The van der Waals surface area contributed by atoms with Crippen LogP contribution < -0.4 is 10.9 Å². The van der Waals surface area contributed by atoms with Gasteiger partial charge >= 0.3 is 10.1 Å². The minimum atomic E-state index is -0.528. The van der Waals surface area contributed by atoms with E-state index in [1.807, 2.05) is 0 Å². The molecular weight excluding hydrogens is 511 g/mol. The smallest absolute Gasteiger partial charge is 0.219 e. The predicted octanol–water partition coefficient (Wildman–Crippen LogP) is 5.18. The summed E-state index contributed by atoms with van der Waals surface area (Å²) < 4.78 is 0. The Morgan fingerprint density at radius 3 is 1.22 bits per heavy atom. The van der Waals surface area contributed by atoms with Crippen molar-refractivity contribution < 1.29 is 20.5 Å². The third-order valence-corrected chi connectivity index (χ3v) is 5.65. The van der Waals surface area contributed by atoms with Gasteiger partial charge in [-0.1, -0.05) is 47.5 Å². The molecule has 0 saturated heterocycles. The Bertz CT molecular complexity index is 1370. The highest BCUT2D eigenvalue weighted by Gasteiger charge is 2.24. The van der Waals surface area contributed by atoms with Gasteiger partial charge in [-0.2, -0.15) is 0 Å². The summed E-state index contributed by atoms with van der Waals surface area (Å²) in [5.74, 6) is -0.433. The lowest BCUT2D eigenvalue weighted by Crippen LogP contribution is -2.16. The third-order valence-electron chi connectivity index (χ3n) is 5.14. The third kappa shape index (κ3) is 5.29. The molecule has 4 N–H and O–H groups in total. The molecule has 0 radical (unpaired) electrons. The zero-order valence-corrected chi connectivity index (χ0v) is 20.3. The van der Waals surface area contributed by atoms with Crippen LogP contribution in [0, 0.1) is 23.7 Å². The second-order valence-corrected chi connectivity index (χ2v) is 8.39. The highest BCUT2D eigenvalue weighted by atomic mass is 35.5. The average molecular weight is 529 g/mol. The molecule has 0 bridgehead atoms. The number of nitrogens with one attached hydrogen (secondary N) is 2. The number of anilines is 2. The van der Waals surface area contributed by atoms with Crippen LogP contribution in [0.15, 0.2) is 48.5 Å². The van der Waals surface area contributed by atoms with E-state index in [9.17, 15) is 20.2 Å². The molecule has 2 heterocycles. The molecule has 12 nitrogen and oxygen atoms in total. The van der Waals surface area contributed by atoms with Gasteiger partial charge in [0.2, 0.25) is 0 Å². The van der Waals surface area contributed by atoms with Gasteiger partial charge in [0.05, 0.1) is 22.8 Å². The molecule has 14 heteroatoms. The molecule has 0 aliphatic heterocycles. The minimum Gasteiger partial charge on any atom is -0.219 e. The molecule has 36 heavy (non-hydrogen) atoms. The van der Waals surface area contributed by atoms with Crippen molar-refractivity contribution in [3.63, 3.8) is 0 Å². The van der Waals surface area contributed by atoms with Crippen LogP contribution in [0.2, 0.25) is 10.0 Å². The highest BCUT2D eigenvalue weighted by molar-refractivity contribution is 6.30. The van der Waals surface area contributed by atoms with E-state index in [0.717, 1.165) is 0 Å². The van der Waals surface area contributed by atoms with Crippen molar-refractivity contribution in [1.29, 1.82) is 0 Å². The molecule has 0 saturated carbocycles. The first-order valence-corrected chi connectivity index (χ1v) is 11.0. The number of hydrogen-bond acceptors (Lipinski definition) is 6. The fraction of sp³-hybridized carbons (Fsp3) is 0.0909. The monoisotopic (exact) mass is 528 g/mol. The maximum absolute atomic E-state index is 11.3. The van der Waals surface area contributed by atoms with Crippen LogP contribution in [-0.2, 0) is 0 Å². The van der Waals surface area contributed by atoms with E-state index in [2.05, 4.69) is 30.8 Å². The number of rotatable bonds is 7. The minimum absolute atomic E-state index is 0.216.